The van der Waals surface area contributed by atoms with Gasteiger partial charge in [-0.05, 0) is 0 Å². The normalized spacial score (nSPS) is 9.12. The van der Waals surface area contributed by atoms with Crippen LogP contribution in [0.3, 0.4) is 0 Å². The Balaban J connectivity index is 2.93. The molecule has 0 fully saturated rings. The third kappa shape index (κ3) is 0.865. The van der Waals surface area contributed by atoms with Gasteiger partial charge in [0.2, 0.25) is 0 Å². The molecule has 8 heavy (non-hydrogen) atoms. The van der Waals surface area contributed by atoms with Crippen molar-refractivity contribution in [1.29, 1.82) is 0 Å². The summed E-state index contributed by atoms with van der Waals surface area (Å²) in [4.78, 5) is 10.2. The van der Waals surface area contributed by atoms with Gasteiger partial charge >= 0.3 is 5.24 Å². The number of nitrogens with zero attached hydrogens (tertiary/aromatic N) is 3. The molecule has 0 atom stereocenters. The highest BCUT2D eigenvalue weighted by atomic mass is 32.1. The SMILES string of the molecule is O=C(S)n1ccnn1. The fourth-order valence-corrected chi connectivity index (χ4v) is 0.417. The summed E-state index contributed by atoms with van der Waals surface area (Å²) in [6.07, 6.45) is 2.84. The van der Waals surface area contributed by atoms with Crippen molar-refractivity contribution in [1.82, 2.24) is 15.0 Å². The fourth-order valence-electron chi connectivity index (χ4n) is 0.310. The Morgan fingerprint density at radius 1 is 1.75 bits per heavy atom. The second-order valence-corrected chi connectivity index (χ2v) is 1.51. The minimum Gasteiger partial charge on any atom is -0.260 e. The van der Waals surface area contributed by atoms with Crippen molar-refractivity contribution >= 4 is 17.9 Å². The molecule has 4 nitrogen and oxygen atoms in total. The smallest absolute Gasteiger partial charge is 0.260 e. The predicted octanol–water partition coefficient (Wildman–Crippen LogP) is 0.176. The molecular formula is C3H3N3OS. The summed E-state index contributed by atoms with van der Waals surface area (Å²) >= 11 is 3.48. The van der Waals surface area contributed by atoms with Gasteiger partial charge in [-0.25, -0.2) is 0 Å². The Morgan fingerprint density at radius 2 is 2.50 bits per heavy atom. The van der Waals surface area contributed by atoms with Gasteiger partial charge in [0.1, 0.15) is 0 Å². The van der Waals surface area contributed by atoms with Crippen LogP contribution in [0.5, 0.6) is 0 Å². The lowest BCUT2D eigenvalue weighted by atomic mass is 10.9. The lowest BCUT2D eigenvalue weighted by Crippen LogP contribution is -2.01. The van der Waals surface area contributed by atoms with E-state index in [4.69, 9.17) is 0 Å². The molecule has 0 unspecified atom stereocenters. The highest BCUT2D eigenvalue weighted by Crippen LogP contribution is 1.84. The summed E-state index contributed by atoms with van der Waals surface area (Å²) in [6.45, 7) is 0. The van der Waals surface area contributed by atoms with E-state index in [1.807, 2.05) is 0 Å². The van der Waals surface area contributed by atoms with Crippen LogP contribution in [0.15, 0.2) is 12.4 Å². The van der Waals surface area contributed by atoms with Gasteiger partial charge in [-0.2, -0.15) is 4.68 Å². The topological polar surface area (TPSA) is 47.8 Å². The van der Waals surface area contributed by atoms with Gasteiger partial charge in [-0.3, -0.25) is 4.79 Å². The molecule has 0 aliphatic heterocycles. The number of carbonyl (C=O) groups is 1. The molecule has 0 bridgehead atoms. The Hall–Kier alpha value is -0.840. The van der Waals surface area contributed by atoms with Crippen molar-refractivity contribution in [3.8, 4) is 0 Å². The molecule has 0 saturated carbocycles. The van der Waals surface area contributed by atoms with Crippen LogP contribution in [-0.4, -0.2) is 20.2 Å². The van der Waals surface area contributed by atoms with Crippen LogP contribution in [0, 0.1) is 0 Å². The third-order valence-corrected chi connectivity index (χ3v) is 0.823. The van der Waals surface area contributed by atoms with Gasteiger partial charge in [-0.15, -0.1) is 5.10 Å². The van der Waals surface area contributed by atoms with Gasteiger partial charge in [0.25, 0.3) is 0 Å². The summed E-state index contributed by atoms with van der Waals surface area (Å²) in [7, 11) is 0. The number of hydrogen-bond donors (Lipinski definition) is 1. The first-order valence-electron chi connectivity index (χ1n) is 1.90. The van der Waals surface area contributed by atoms with E-state index in [1.165, 1.54) is 12.4 Å². The van der Waals surface area contributed by atoms with E-state index < -0.39 is 5.24 Å². The average molecular weight is 129 g/mol. The van der Waals surface area contributed by atoms with Crippen molar-refractivity contribution in [2.75, 3.05) is 0 Å². The van der Waals surface area contributed by atoms with Crippen molar-refractivity contribution in [3.05, 3.63) is 12.4 Å². The number of carbonyl (C=O) groups excluding carboxylic acids is 1. The number of aromatic nitrogens is 3. The number of hydrogen-bond acceptors (Lipinski definition) is 3. The van der Waals surface area contributed by atoms with E-state index in [0.29, 0.717) is 0 Å². The van der Waals surface area contributed by atoms with E-state index in [9.17, 15) is 4.79 Å². The van der Waals surface area contributed by atoms with Crippen LogP contribution in [-0.2, 0) is 0 Å². The van der Waals surface area contributed by atoms with Crippen LogP contribution in [0.25, 0.3) is 0 Å². The zero-order valence-corrected chi connectivity index (χ0v) is 4.75. The first-order valence-corrected chi connectivity index (χ1v) is 2.35. The molecule has 5 heteroatoms. The van der Waals surface area contributed by atoms with Crippen molar-refractivity contribution in [2.24, 2.45) is 0 Å². The molecule has 1 rings (SSSR count). The lowest BCUT2D eigenvalue weighted by Gasteiger charge is -1.83. The van der Waals surface area contributed by atoms with Crippen LogP contribution in [0.4, 0.5) is 4.79 Å². The molecule has 0 amide bonds. The standard InChI is InChI=1S/C3H3N3OS/c7-3(8)6-2-1-4-5-6/h1-2H,(H,7,8). The van der Waals surface area contributed by atoms with Crippen molar-refractivity contribution in [2.45, 2.75) is 0 Å². The van der Waals surface area contributed by atoms with E-state index in [0.717, 1.165) is 4.68 Å². The quantitative estimate of drug-likeness (QED) is 0.508. The van der Waals surface area contributed by atoms with Gasteiger partial charge < -0.3 is 0 Å². The van der Waals surface area contributed by atoms with Crippen LogP contribution >= 0.6 is 12.6 Å². The molecule has 0 saturated heterocycles. The molecule has 42 valence electrons. The second-order valence-electron chi connectivity index (χ2n) is 1.13. The molecule has 1 heterocycles. The summed E-state index contributed by atoms with van der Waals surface area (Å²) in [5.74, 6) is 0. The zero-order chi connectivity index (χ0) is 5.98. The lowest BCUT2D eigenvalue weighted by molar-refractivity contribution is 0.259. The molecule has 0 aliphatic carbocycles. The van der Waals surface area contributed by atoms with Crippen LogP contribution in [0.2, 0.25) is 0 Å². The summed E-state index contributed by atoms with van der Waals surface area (Å²) < 4.78 is 1.03. The van der Waals surface area contributed by atoms with Crippen LogP contribution < -0.4 is 0 Å². The summed E-state index contributed by atoms with van der Waals surface area (Å²) in [6, 6.07) is 0. The molecule has 0 spiro atoms. The maximum absolute atomic E-state index is 10.2. The first kappa shape index (κ1) is 5.30. The highest BCUT2D eigenvalue weighted by molar-refractivity contribution is 7.96. The number of rotatable bonds is 0. The molecule has 0 radical (unpaired) electrons. The summed E-state index contributed by atoms with van der Waals surface area (Å²) in [5.41, 5.74) is 0. The molecule has 0 N–H and O–H groups in total. The predicted molar refractivity (Wildman–Crippen MR) is 29.8 cm³/mol. The average Bonchev–Trinajstić information content (AvgIpc) is 2.12. The van der Waals surface area contributed by atoms with E-state index >= 15 is 0 Å². The minimum atomic E-state index is -0.428. The Kier molecular flexibility index (Phi) is 1.29. The molecule has 1 aromatic rings. The van der Waals surface area contributed by atoms with Gasteiger partial charge in [-0.1, -0.05) is 17.8 Å². The van der Waals surface area contributed by atoms with E-state index in [-0.39, 0.29) is 0 Å². The Labute approximate surface area is 50.9 Å². The highest BCUT2D eigenvalue weighted by Gasteiger charge is 1.93. The van der Waals surface area contributed by atoms with Crippen molar-refractivity contribution < 1.29 is 4.79 Å². The zero-order valence-electron chi connectivity index (χ0n) is 3.85. The first-order chi connectivity index (χ1) is 3.80. The molecule has 0 aliphatic rings. The maximum atomic E-state index is 10.2. The Morgan fingerprint density at radius 3 is 2.75 bits per heavy atom. The third-order valence-electron chi connectivity index (χ3n) is 0.619. The van der Waals surface area contributed by atoms with E-state index in [1.54, 1.807) is 0 Å². The largest absolute Gasteiger partial charge is 0.304 e. The van der Waals surface area contributed by atoms with Crippen LogP contribution in [0.1, 0.15) is 0 Å². The monoisotopic (exact) mass is 129 g/mol. The number of thiol groups is 1. The molecule has 1 aromatic heterocycles. The van der Waals surface area contributed by atoms with Gasteiger partial charge in [0.05, 0.1) is 12.4 Å². The van der Waals surface area contributed by atoms with Gasteiger partial charge in [0, 0.05) is 0 Å². The maximum Gasteiger partial charge on any atom is 0.304 e. The van der Waals surface area contributed by atoms with Crippen molar-refractivity contribution in [3.63, 3.8) is 0 Å². The van der Waals surface area contributed by atoms with Gasteiger partial charge in [0.15, 0.2) is 0 Å². The Bertz CT molecular complexity index is 182. The van der Waals surface area contributed by atoms with E-state index in [2.05, 4.69) is 22.9 Å². The second kappa shape index (κ2) is 1.95. The molecular weight excluding hydrogens is 126 g/mol. The minimum absolute atomic E-state index is 0.428. The summed E-state index contributed by atoms with van der Waals surface area (Å²) in [5, 5.41) is 6.31. The fraction of sp³-hybridized carbons (Fsp3) is 0. The molecule has 0 aromatic carbocycles.